The van der Waals surface area contributed by atoms with Crippen molar-refractivity contribution in [2.45, 2.75) is 11.8 Å². The lowest BCUT2D eigenvalue weighted by molar-refractivity contribution is 0.192. The van der Waals surface area contributed by atoms with Crippen molar-refractivity contribution in [3.8, 4) is 22.7 Å². The molecule has 0 saturated heterocycles. The van der Waals surface area contributed by atoms with Crippen LogP contribution in [0.15, 0.2) is 65.7 Å². The van der Waals surface area contributed by atoms with Crippen molar-refractivity contribution in [1.82, 2.24) is 4.57 Å². The van der Waals surface area contributed by atoms with Crippen LogP contribution in [0.5, 0.6) is 5.75 Å². The van der Waals surface area contributed by atoms with E-state index in [2.05, 4.69) is 0 Å². The van der Waals surface area contributed by atoms with Crippen LogP contribution in [0, 0.1) is 6.92 Å². The zero-order valence-electron chi connectivity index (χ0n) is 13.9. The summed E-state index contributed by atoms with van der Waals surface area (Å²) in [6, 6.07) is 15.9. The summed E-state index contributed by atoms with van der Waals surface area (Å²) in [5.74, 6) is 0.472. The Bertz CT molecular complexity index is 975. The molecule has 2 aromatic carbocycles. The second-order valence-corrected chi connectivity index (χ2v) is 7.78. The number of aryl methyl sites for hydroxylation is 1. The summed E-state index contributed by atoms with van der Waals surface area (Å²) in [7, 11) is -3.22. The van der Waals surface area contributed by atoms with E-state index >= 15 is 0 Å². The van der Waals surface area contributed by atoms with E-state index in [-0.39, 0.29) is 4.90 Å². The summed E-state index contributed by atoms with van der Waals surface area (Å²) in [6.45, 7) is 1.14. The SMILES string of the molecule is Cc1ccn(-c2ccc(S(C)(=O)=O)cc2)c1-c1ccc(OCF)cc1. The van der Waals surface area contributed by atoms with Crippen molar-refractivity contribution >= 4 is 9.84 Å². The molecule has 25 heavy (non-hydrogen) atoms. The van der Waals surface area contributed by atoms with Gasteiger partial charge in [-0.05, 0) is 72.6 Å². The smallest absolute Gasteiger partial charge is 0.228 e. The first kappa shape index (κ1) is 17.2. The highest BCUT2D eigenvalue weighted by Crippen LogP contribution is 2.29. The summed E-state index contributed by atoms with van der Waals surface area (Å²) >= 11 is 0. The van der Waals surface area contributed by atoms with Gasteiger partial charge in [0.2, 0.25) is 6.86 Å². The third-order valence-corrected chi connectivity index (χ3v) is 5.11. The van der Waals surface area contributed by atoms with Crippen LogP contribution in [0.3, 0.4) is 0 Å². The molecule has 0 unspecified atom stereocenters. The lowest BCUT2D eigenvalue weighted by Gasteiger charge is -2.12. The quantitative estimate of drug-likeness (QED) is 0.687. The first-order chi connectivity index (χ1) is 11.9. The number of aromatic nitrogens is 1. The van der Waals surface area contributed by atoms with Gasteiger partial charge in [-0.3, -0.25) is 0 Å². The molecule has 6 heteroatoms. The van der Waals surface area contributed by atoms with Gasteiger partial charge in [0.05, 0.1) is 10.6 Å². The van der Waals surface area contributed by atoms with E-state index in [0.717, 1.165) is 22.5 Å². The third kappa shape index (κ3) is 3.58. The highest BCUT2D eigenvalue weighted by atomic mass is 32.2. The van der Waals surface area contributed by atoms with Gasteiger partial charge in [-0.1, -0.05) is 0 Å². The van der Waals surface area contributed by atoms with Crippen molar-refractivity contribution in [2.75, 3.05) is 13.1 Å². The molecular formula is C19H18FNO3S. The molecule has 1 aromatic heterocycles. The molecule has 0 aliphatic carbocycles. The molecule has 0 radical (unpaired) electrons. The van der Waals surface area contributed by atoms with Gasteiger partial charge < -0.3 is 9.30 Å². The standard InChI is InChI=1S/C19H18FNO3S/c1-14-11-12-21(16-5-9-18(10-6-16)25(2,22)23)19(14)15-3-7-17(8-4-15)24-13-20/h3-12H,13H2,1-2H3. The number of halogens is 1. The Labute approximate surface area is 146 Å². The second-order valence-electron chi connectivity index (χ2n) is 5.76. The van der Waals surface area contributed by atoms with E-state index in [1.54, 1.807) is 36.4 Å². The fourth-order valence-electron chi connectivity index (χ4n) is 2.74. The Morgan fingerprint density at radius 2 is 1.64 bits per heavy atom. The molecule has 0 atom stereocenters. The molecule has 0 aliphatic heterocycles. The predicted molar refractivity (Wildman–Crippen MR) is 95.7 cm³/mol. The number of benzene rings is 2. The van der Waals surface area contributed by atoms with E-state index in [1.165, 1.54) is 6.26 Å². The zero-order valence-corrected chi connectivity index (χ0v) is 14.8. The number of rotatable bonds is 5. The summed E-state index contributed by atoms with van der Waals surface area (Å²) < 4.78 is 42.3. The molecule has 0 bridgehead atoms. The van der Waals surface area contributed by atoms with Crippen LogP contribution in [0.1, 0.15) is 5.56 Å². The van der Waals surface area contributed by atoms with Crippen molar-refractivity contribution in [3.63, 3.8) is 0 Å². The predicted octanol–water partition coefficient (Wildman–Crippen LogP) is 4.16. The molecule has 3 aromatic rings. The number of nitrogens with zero attached hydrogens (tertiary/aromatic N) is 1. The molecule has 130 valence electrons. The van der Waals surface area contributed by atoms with Crippen LogP contribution in [0.2, 0.25) is 0 Å². The summed E-state index contributed by atoms with van der Waals surface area (Å²) in [5.41, 5.74) is 3.88. The van der Waals surface area contributed by atoms with Gasteiger partial charge in [0, 0.05) is 18.1 Å². The Kier molecular flexibility index (Phi) is 4.63. The monoisotopic (exact) mass is 359 g/mol. The maximum Gasteiger partial charge on any atom is 0.228 e. The van der Waals surface area contributed by atoms with E-state index in [0.29, 0.717) is 5.75 Å². The molecule has 0 amide bonds. The van der Waals surface area contributed by atoms with Gasteiger partial charge in [-0.2, -0.15) is 0 Å². The fraction of sp³-hybridized carbons (Fsp3) is 0.158. The van der Waals surface area contributed by atoms with Crippen LogP contribution < -0.4 is 4.74 Å². The minimum Gasteiger partial charge on any atom is -0.463 e. The maximum absolute atomic E-state index is 12.2. The number of ether oxygens (including phenoxy) is 1. The lowest BCUT2D eigenvalue weighted by atomic mass is 10.1. The van der Waals surface area contributed by atoms with Crippen LogP contribution >= 0.6 is 0 Å². The second kappa shape index (κ2) is 6.72. The van der Waals surface area contributed by atoms with E-state index in [9.17, 15) is 12.8 Å². The largest absolute Gasteiger partial charge is 0.463 e. The van der Waals surface area contributed by atoms with Gasteiger partial charge in [0.15, 0.2) is 9.84 Å². The first-order valence-corrected chi connectivity index (χ1v) is 9.57. The van der Waals surface area contributed by atoms with Crippen molar-refractivity contribution in [2.24, 2.45) is 0 Å². The van der Waals surface area contributed by atoms with Crippen LogP contribution in [-0.2, 0) is 9.84 Å². The van der Waals surface area contributed by atoms with Crippen molar-refractivity contribution in [3.05, 3.63) is 66.4 Å². The molecular weight excluding hydrogens is 341 g/mol. The van der Waals surface area contributed by atoms with Gasteiger partial charge in [0.25, 0.3) is 0 Å². The topological polar surface area (TPSA) is 48.3 Å². The van der Waals surface area contributed by atoms with E-state index < -0.39 is 16.7 Å². The molecule has 0 aliphatic rings. The fourth-order valence-corrected chi connectivity index (χ4v) is 3.37. The van der Waals surface area contributed by atoms with Gasteiger partial charge in [0.1, 0.15) is 5.75 Å². The average Bonchev–Trinajstić information content (AvgIpc) is 2.97. The first-order valence-electron chi connectivity index (χ1n) is 7.68. The molecule has 3 rings (SSSR count). The van der Waals surface area contributed by atoms with Crippen molar-refractivity contribution in [1.29, 1.82) is 0 Å². The van der Waals surface area contributed by atoms with Crippen LogP contribution in [0.25, 0.3) is 16.9 Å². The summed E-state index contributed by atoms with van der Waals surface area (Å²) in [6.07, 6.45) is 3.13. The molecule has 0 N–H and O–H groups in total. The van der Waals surface area contributed by atoms with E-state index in [1.807, 2.05) is 35.9 Å². The molecule has 1 heterocycles. The van der Waals surface area contributed by atoms with E-state index in [4.69, 9.17) is 4.74 Å². The minimum atomic E-state index is -3.22. The molecule has 0 spiro atoms. The van der Waals surface area contributed by atoms with Gasteiger partial charge in [-0.15, -0.1) is 0 Å². The van der Waals surface area contributed by atoms with Gasteiger partial charge >= 0.3 is 0 Å². The Morgan fingerprint density at radius 1 is 1.00 bits per heavy atom. The highest BCUT2D eigenvalue weighted by Gasteiger charge is 2.12. The summed E-state index contributed by atoms with van der Waals surface area (Å²) in [5, 5.41) is 0. The van der Waals surface area contributed by atoms with Crippen LogP contribution in [0.4, 0.5) is 4.39 Å². The number of sulfone groups is 1. The number of hydrogen-bond donors (Lipinski definition) is 0. The number of hydrogen-bond acceptors (Lipinski definition) is 3. The molecule has 4 nitrogen and oxygen atoms in total. The summed E-state index contributed by atoms with van der Waals surface area (Å²) in [4.78, 5) is 0.286. The lowest BCUT2D eigenvalue weighted by Crippen LogP contribution is -2.00. The zero-order chi connectivity index (χ0) is 18.0. The Hall–Kier alpha value is -2.60. The maximum atomic E-state index is 12.2. The average molecular weight is 359 g/mol. The van der Waals surface area contributed by atoms with Crippen LogP contribution in [-0.4, -0.2) is 26.1 Å². The van der Waals surface area contributed by atoms with Crippen molar-refractivity contribution < 1.29 is 17.5 Å². The Balaban J connectivity index is 2.02. The number of alkyl halides is 1. The highest BCUT2D eigenvalue weighted by molar-refractivity contribution is 7.90. The van der Waals surface area contributed by atoms with Gasteiger partial charge in [-0.25, -0.2) is 12.8 Å². The molecule has 0 saturated carbocycles. The third-order valence-electron chi connectivity index (χ3n) is 3.98. The Morgan fingerprint density at radius 3 is 2.20 bits per heavy atom. The minimum absolute atomic E-state index is 0.286. The normalized spacial score (nSPS) is 11.5. The molecule has 0 fully saturated rings.